The van der Waals surface area contributed by atoms with E-state index in [4.69, 9.17) is 23.2 Å². The van der Waals surface area contributed by atoms with E-state index in [-0.39, 0.29) is 26.9 Å². The van der Waals surface area contributed by atoms with Gasteiger partial charge < -0.3 is 10.3 Å². The molecule has 0 spiro atoms. The molecule has 0 aliphatic rings. The predicted octanol–water partition coefficient (Wildman–Crippen LogP) is 2.92. The smallest absolute Gasteiger partial charge is 0.321 e. The Labute approximate surface area is 163 Å². The van der Waals surface area contributed by atoms with Crippen molar-refractivity contribution in [1.82, 2.24) is 10.4 Å². The molecule has 0 bridgehead atoms. The zero-order valence-electron chi connectivity index (χ0n) is 13.6. The van der Waals surface area contributed by atoms with E-state index < -0.39 is 11.8 Å². The fraction of sp³-hybridized carbons (Fsp3) is 0. The summed E-state index contributed by atoms with van der Waals surface area (Å²) in [5.74, 6) is -2.01. The van der Waals surface area contributed by atoms with Gasteiger partial charge in [-0.2, -0.15) is 5.10 Å². The number of nitrogens with one attached hydrogen (secondary N) is 3. The lowest BCUT2D eigenvalue weighted by molar-refractivity contribution is -0.136. The third kappa shape index (κ3) is 4.33. The van der Waals surface area contributed by atoms with E-state index in [9.17, 15) is 14.4 Å². The van der Waals surface area contributed by atoms with Crippen LogP contribution in [-0.2, 0) is 9.59 Å². The molecule has 1 heterocycles. The first kappa shape index (κ1) is 18.6. The molecule has 0 unspecified atom stereocenters. The molecule has 1 aromatic heterocycles. The summed E-state index contributed by atoms with van der Waals surface area (Å²) in [6.45, 7) is 0. The van der Waals surface area contributed by atoms with Crippen molar-refractivity contribution in [1.29, 1.82) is 0 Å². The Hall–Kier alpha value is -3.16. The van der Waals surface area contributed by atoms with Crippen LogP contribution in [0, 0.1) is 0 Å². The molecule has 3 rings (SSSR count). The third-order valence-electron chi connectivity index (χ3n) is 3.56. The van der Waals surface area contributed by atoms with Crippen molar-refractivity contribution in [3.63, 3.8) is 0 Å². The highest BCUT2D eigenvalue weighted by molar-refractivity contribution is 6.45. The summed E-state index contributed by atoms with van der Waals surface area (Å²) in [6, 6.07) is 13.5. The highest BCUT2D eigenvalue weighted by atomic mass is 35.5. The Morgan fingerprint density at radius 2 is 1.81 bits per heavy atom. The Bertz CT molecular complexity index is 1130. The fourth-order valence-electron chi connectivity index (χ4n) is 2.25. The fourth-order valence-corrected chi connectivity index (χ4v) is 2.60. The van der Waals surface area contributed by atoms with Gasteiger partial charge in [-0.1, -0.05) is 47.5 Å². The average molecular weight is 403 g/mol. The van der Waals surface area contributed by atoms with Crippen LogP contribution in [0.4, 0.5) is 5.69 Å². The molecule has 0 saturated carbocycles. The number of H-pyrrole nitrogens is 1. The van der Waals surface area contributed by atoms with Crippen molar-refractivity contribution in [2.75, 3.05) is 5.32 Å². The summed E-state index contributed by atoms with van der Waals surface area (Å²) in [7, 11) is 0. The lowest BCUT2D eigenvalue weighted by atomic mass is 10.2. The Kier molecular flexibility index (Phi) is 5.54. The number of hydrogen-bond acceptors (Lipinski definition) is 4. The Morgan fingerprint density at radius 3 is 2.63 bits per heavy atom. The molecule has 3 N–H and O–H groups in total. The molecule has 136 valence electrons. The van der Waals surface area contributed by atoms with Crippen molar-refractivity contribution < 1.29 is 9.59 Å². The summed E-state index contributed by atoms with van der Waals surface area (Å²) in [5.41, 5.74) is 2.78. The molecule has 0 radical (unpaired) electrons. The van der Waals surface area contributed by atoms with E-state index in [1.165, 1.54) is 6.07 Å². The van der Waals surface area contributed by atoms with Gasteiger partial charge in [0.1, 0.15) is 0 Å². The van der Waals surface area contributed by atoms with Crippen LogP contribution < -0.4 is 16.3 Å². The maximum Gasteiger partial charge on any atom is 0.329 e. The van der Waals surface area contributed by atoms with E-state index in [2.05, 4.69) is 20.8 Å². The number of aromatic amines is 1. The summed E-state index contributed by atoms with van der Waals surface area (Å²) < 4.78 is 0. The number of aromatic nitrogens is 1. The van der Waals surface area contributed by atoms with Gasteiger partial charge >= 0.3 is 11.8 Å². The minimum atomic E-state index is -1.03. The predicted molar refractivity (Wildman–Crippen MR) is 105 cm³/mol. The monoisotopic (exact) mass is 402 g/mol. The number of hydrazone groups is 1. The maximum atomic E-state index is 12.0. The number of amides is 2. The molecule has 27 heavy (non-hydrogen) atoms. The molecule has 0 fully saturated rings. The zero-order chi connectivity index (χ0) is 19.4. The van der Waals surface area contributed by atoms with Gasteiger partial charge in [0.25, 0.3) is 5.56 Å². The van der Waals surface area contributed by atoms with Crippen molar-refractivity contribution >= 4 is 57.8 Å². The van der Waals surface area contributed by atoms with E-state index in [1.54, 1.807) is 30.3 Å². The maximum absolute atomic E-state index is 12.0. The first-order chi connectivity index (χ1) is 13.0. The van der Waals surface area contributed by atoms with Crippen LogP contribution in [0.2, 0.25) is 10.0 Å². The first-order valence-electron chi connectivity index (χ1n) is 7.66. The number of para-hydroxylation sites is 1. The SMILES string of the molecule is O=C(N/N=C/c1cc2ccccc2[nH]c1=O)C(=O)Nc1cccc(Cl)c1Cl. The number of benzene rings is 2. The molecule has 7 nitrogen and oxygen atoms in total. The van der Waals surface area contributed by atoms with Gasteiger partial charge in [0, 0.05) is 5.52 Å². The number of rotatable bonds is 3. The second-order valence-electron chi connectivity index (χ2n) is 5.40. The van der Waals surface area contributed by atoms with Crippen molar-refractivity contribution in [3.05, 3.63) is 74.5 Å². The lowest BCUT2D eigenvalue weighted by Gasteiger charge is -2.06. The summed E-state index contributed by atoms with van der Waals surface area (Å²) in [5, 5.41) is 7.13. The Balaban J connectivity index is 1.68. The summed E-state index contributed by atoms with van der Waals surface area (Å²) >= 11 is 11.8. The highest BCUT2D eigenvalue weighted by Crippen LogP contribution is 2.29. The normalized spacial score (nSPS) is 10.9. The molecular formula is C18H12Cl2N4O3. The van der Waals surface area contributed by atoms with E-state index in [1.807, 2.05) is 12.1 Å². The van der Waals surface area contributed by atoms with Crippen LogP contribution in [-0.4, -0.2) is 23.0 Å². The molecule has 0 aliphatic heterocycles. The van der Waals surface area contributed by atoms with Crippen LogP contribution in [0.15, 0.2) is 58.4 Å². The van der Waals surface area contributed by atoms with E-state index in [0.29, 0.717) is 5.52 Å². The first-order valence-corrected chi connectivity index (χ1v) is 8.42. The van der Waals surface area contributed by atoms with Gasteiger partial charge in [-0.05, 0) is 29.7 Å². The van der Waals surface area contributed by atoms with Crippen LogP contribution in [0.5, 0.6) is 0 Å². The number of carbonyl (C=O) groups is 2. The van der Waals surface area contributed by atoms with Gasteiger partial charge in [0.15, 0.2) is 0 Å². The lowest BCUT2D eigenvalue weighted by Crippen LogP contribution is -2.32. The van der Waals surface area contributed by atoms with Gasteiger partial charge in [-0.15, -0.1) is 0 Å². The second kappa shape index (κ2) is 8.03. The minimum absolute atomic E-state index is 0.117. The van der Waals surface area contributed by atoms with Gasteiger partial charge in [-0.3, -0.25) is 14.4 Å². The quantitative estimate of drug-likeness (QED) is 0.356. The molecule has 3 aromatic rings. The summed E-state index contributed by atoms with van der Waals surface area (Å²) in [4.78, 5) is 38.4. The molecule has 0 atom stereocenters. The van der Waals surface area contributed by atoms with Crippen molar-refractivity contribution in [3.8, 4) is 0 Å². The average Bonchev–Trinajstić information content (AvgIpc) is 2.65. The molecule has 9 heteroatoms. The topological polar surface area (TPSA) is 103 Å². The number of anilines is 1. The molecule has 0 aliphatic carbocycles. The minimum Gasteiger partial charge on any atom is -0.321 e. The van der Waals surface area contributed by atoms with Crippen LogP contribution in [0.25, 0.3) is 10.9 Å². The molecule has 2 aromatic carbocycles. The largest absolute Gasteiger partial charge is 0.329 e. The second-order valence-corrected chi connectivity index (χ2v) is 6.18. The highest BCUT2D eigenvalue weighted by Gasteiger charge is 2.15. The number of pyridine rings is 1. The number of carbonyl (C=O) groups excluding carboxylic acids is 2. The number of nitrogens with zero attached hydrogens (tertiary/aromatic N) is 1. The van der Waals surface area contributed by atoms with Gasteiger partial charge in [0.05, 0.1) is 27.5 Å². The van der Waals surface area contributed by atoms with E-state index in [0.717, 1.165) is 11.6 Å². The van der Waals surface area contributed by atoms with Crippen LogP contribution >= 0.6 is 23.2 Å². The summed E-state index contributed by atoms with van der Waals surface area (Å²) in [6.07, 6.45) is 1.16. The van der Waals surface area contributed by atoms with Gasteiger partial charge in [-0.25, -0.2) is 5.43 Å². The number of hydrogen-bond donors (Lipinski definition) is 3. The van der Waals surface area contributed by atoms with Crippen LogP contribution in [0.1, 0.15) is 5.56 Å². The van der Waals surface area contributed by atoms with Crippen molar-refractivity contribution in [2.24, 2.45) is 5.10 Å². The van der Waals surface area contributed by atoms with Crippen molar-refractivity contribution in [2.45, 2.75) is 0 Å². The molecular weight excluding hydrogens is 391 g/mol. The zero-order valence-corrected chi connectivity index (χ0v) is 15.1. The molecule has 0 saturated heterocycles. The van der Waals surface area contributed by atoms with E-state index >= 15 is 0 Å². The standard InChI is InChI=1S/C18H12Cl2N4O3/c19-12-5-3-7-14(15(12)20)23-17(26)18(27)24-21-9-11-8-10-4-1-2-6-13(10)22-16(11)25/h1-9H,(H,22,25)(H,23,26)(H,24,27)/b21-9+. The third-order valence-corrected chi connectivity index (χ3v) is 4.38. The molecule has 2 amide bonds. The van der Waals surface area contributed by atoms with Gasteiger partial charge in [0.2, 0.25) is 0 Å². The van der Waals surface area contributed by atoms with Crippen LogP contribution in [0.3, 0.4) is 0 Å². The number of fused-ring (bicyclic) bond motifs is 1. The number of halogens is 2. The Morgan fingerprint density at radius 1 is 1.04 bits per heavy atom.